The van der Waals surface area contributed by atoms with Gasteiger partial charge in [0, 0.05) is 12.4 Å². The molecule has 1 aromatic heterocycles. The van der Waals surface area contributed by atoms with E-state index in [0.717, 1.165) is 12.1 Å². The Bertz CT molecular complexity index is 648. The molecular weight excluding hydrogens is 285 g/mol. The molecule has 0 aliphatic carbocycles. The number of hydrogen-bond donors (Lipinski definition) is 0. The van der Waals surface area contributed by atoms with E-state index in [1.54, 1.807) is 12.3 Å². The Morgan fingerprint density at radius 2 is 1.79 bits per heavy atom. The molecule has 0 bridgehead atoms. The fourth-order valence-electron chi connectivity index (χ4n) is 1.25. The zero-order chi connectivity index (χ0) is 14.1. The summed E-state index contributed by atoms with van der Waals surface area (Å²) in [6, 6.07) is 6.65. The number of rotatable bonds is 3. The van der Waals surface area contributed by atoms with E-state index in [1.807, 2.05) is 0 Å². The van der Waals surface area contributed by atoms with Crippen LogP contribution in [0.1, 0.15) is 0 Å². The summed E-state index contributed by atoms with van der Waals surface area (Å²) >= 11 is 0. The van der Waals surface area contributed by atoms with Crippen LogP contribution in [0.2, 0.25) is 0 Å². The summed E-state index contributed by atoms with van der Waals surface area (Å²) in [5, 5.41) is 3.91. The molecule has 0 aliphatic heterocycles. The topological polar surface area (TPSA) is 61.2 Å². The summed E-state index contributed by atoms with van der Waals surface area (Å²) in [4.78, 5) is 0. The van der Waals surface area contributed by atoms with E-state index >= 15 is 0 Å². The fraction of sp³-hybridized carbons (Fsp3) is 0.100. The molecule has 2 aromatic rings. The van der Waals surface area contributed by atoms with Gasteiger partial charge in [-0.05, 0) is 30.3 Å². The van der Waals surface area contributed by atoms with Gasteiger partial charge in [-0.2, -0.15) is 26.7 Å². The lowest BCUT2D eigenvalue weighted by Gasteiger charge is -2.09. The molecule has 0 saturated carbocycles. The maximum Gasteiger partial charge on any atom is 0.534 e. The Labute approximate surface area is 106 Å². The lowest BCUT2D eigenvalue weighted by Crippen LogP contribution is -2.28. The molecular formula is C10H7F3N2O3S. The molecule has 0 amide bonds. The predicted molar refractivity (Wildman–Crippen MR) is 59.2 cm³/mol. The normalized spacial score (nSPS) is 12.4. The first-order valence-corrected chi connectivity index (χ1v) is 6.31. The van der Waals surface area contributed by atoms with Crippen LogP contribution in [-0.4, -0.2) is 23.7 Å². The highest BCUT2D eigenvalue weighted by Gasteiger charge is 2.48. The van der Waals surface area contributed by atoms with E-state index < -0.39 is 21.4 Å². The molecule has 1 heterocycles. The first kappa shape index (κ1) is 13.4. The van der Waals surface area contributed by atoms with Crippen LogP contribution in [0, 0.1) is 0 Å². The van der Waals surface area contributed by atoms with Gasteiger partial charge in [0.15, 0.2) is 0 Å². The molecule has 9 heteroatoms. The maximum absolute atomic E-state index is 12.1. The van der Waals surface area contributed by atoms with Crippen molar-refractivity contribution in [3.8, 4) is 11.4 Å². The second kappa shape index (κ2) is 4.57. The van der Waals surface area contributed by atoms with Crippen molar-refractivity contribution in [2.24, 2.45) is 0 Å². The molecule has 0 N–H and O–H groups in total. The van der Waals surface area contributed by atoms with Crippen LogP contribution in [-0.2, 0) is 10.1 Å². The summed E-state index contributed by atoms with van der Waals surface area (Å²) in [5.41, 5.74) is -4.89. The average molecular weight is 292 g/mol. The van der Waals surface area contributed by atoms with Crippen LogP contribution in [0.15, 0.2) is 42.7 Å². The third-order valence-electron chi connectivity index (χ3n) is 2.10. The van der Waals surface area contributed by atoms with Crippen LogP contribution >= 0.6 is 0 Å². The van der Waals surface area contributed by atoms with Gasteiger partial charge < -0.3 is 4.18 Å². The quantitative estimate of drug-likeness (QED) is 0.642. The molecule has 2 rings (SSSR count). The number of aromatic nitrogens is 2. The molecule has 0 spiro atoms. The van der Waals surface area contributed by atoms with Crippen LogP contribution in [0.3, 0.4) is 0 Å². The second-order valence-corrected chi connectivity index (χ2v) is 4.97. The molecule has 0 atom stereocenters. The van der Waals surface area contributed by atoms with Crippen molar-refractivity contribution in [2.45, 2.75) is 5.51 Å². The molecule has 5 nitrogen and oxygen atoms in total. The predicted octanol–water partition coefficient (Wildman–Crippen LogP) is 2.10. The smallest absolute Gasteiger partial charge is 0.376 e. The Morgan fingerprint density at radius 3 is 2.26 bits per heavy atom. The van der Waals surface area contributed by atoms with Gasteiger partial charge in [-0.1, -0.05) is 0 Å². The number of nitrogens with zero attached hydrogens (tertiary/aromatic N) is 2. The molecule has 1 aromatic carbocycles. The van der Waals surface area contributed by atoms with Gasteiger partial charge >= 0.3 is 15.6 Å². The summed E-state index contributed by atoms with van der Waals surface area (Å²) in [5.74, 6) is -0.423. The summed E-state index contributed by atoms with van der Waals surface area (Å²) < 4.78 is 63.2. The lowest BCUT2D eigenvalue weighted by molar-refractivity contribution is -0.0500. The van der Waals surface area contributed by atoms with Crippen molar-refractivity contribution < 1.29 is 25.8 Å². The van der Waals surface area contributed by atoms with E-state index in [9.17, 15) is 21.6 Å². The highest BCUT2D eigenvalue weighted by molar-refractivity contribution is 7.87. The maximum atomic E-state index is 12.1. The number of hydrogen-bond acceptors (Lipinski definition) is 4. The molecule has 0 fully saturated rings. The van der Waals surface area contributed by atoms with E-state index in [2.05, 4.69) is 9.28 Å². The Kier molecular flexibility index (Phi) is 3.23. The van der Waals surface area contributed by atoms with Gasteiger partial charge in [0.1, 0.15) is 5.75 Å². The minimum Gasteiger partial charge on any atom is -0.376 e. The standard InChI is InChI=1S/C10H7F3N2O3S/c11-10(12,13)19(16,17)18-9-4-2-8(3-5-9)15-7-1-6-14-15/h1-7H. The molecule has 19 heavy (non-hydrogen) atoms. The molecule has 0 aliphatic rings. The minimum absolute atomic E-state index is 0.423. The highest BCUT2D eigenvalue weighted by atomic mass is 32.2. The lowest BCUT2D eigenvalue weighted by atomic mass is 10.3. The van der Waals surface area contributed by atoms with Gasteiger partial charge in [0.2, 0.25) is 0 Å². The third kappa shape index (κ3) is 2.87. The van der Waals surface area contributed by atoms with Crippen LogP contribution < -0.4 is 4.18 Å². The molecule has 0 radical (unpaired) electrons. The van der Waals surface area contributed by atoms with Gasteiger partial charge in [0.05, 0.1) is 5.69 Å². The van der Waals surface area contributed by atoms with Crippen molar-refractivity contribution in [1.82, 2.24) is 9.78 Å². The van der Waals surface area contributed by atoms with Crippen LogP contribution in [0.4, 0.5) is 13.2 Å². The number of benzene rings is 1. The van der Waals surface area contributed by atoms with Crippen molar-refractivity contribution >= 4 is 10.1 Å². The van der Waals surface area contributed by atoms with Gasteiger partial charge in [-0.3, -0.25) is 0 Å². The fourth-order valence-corrected chi connectivity index (χ4v) is 1.71. The Morgan fingerprint density at radius 1 is 1.16 bits per heavy atom. The van der Waals surface area contributed by atoms with Crippen LogP contribution in [0.25, 0.3) is 5.69 Å². The second-order valence-electron chi connectivity index (χ2n) is 3.43. The average Bonchev–Trinajstić information content (AvgIpc) is 2.81. The Hall–Kier alpha value is -2.03. The third-order valence-corrected chi connectivity index (χ3v) is 3.07. The van der Waals surface area contributed by atoms with Crippen molar-refractivity contribution in [2.75, 3.05) is 0 Å². The van der Waals surface area contributed by atoms with E-state index in [1.165, 1.54) is 23.0 Å². The van der Waals surface area contributed by atoms with Crippen molar-refractivity contribution in [1.29, 1.82) is 0 Å². The zero-order valence-electron chi connectivity index (χ0n) is 9.20. The molecule has 0 saturated heterocycles. The highest BCUT2D eigenvalue weighted by Crippen LogP contribution is 2.27. The molecule has 0 unspecified atom stereocenters. The van der Waals surface area contributed by atoms with E-state index in [0.29, 0.717) is 5.69 Å². The van der Waals surface area contributed by atoms with Crippen LogP contribution in [0.5, 0.6) is 5.75 Å². The Balaban J connectivity index is 2.21. The minimum atomic E-state index is -5.64. The summed E-state index contributed by atoms with van der Waals surface area (Å²) in [6.07, 6.45) is 3.15. The van der Waals surface area contributed by atoms with E-state index in [4.69, 9.17) is 0 Å². The van der Waals surface area contributed by atoms with Crippen molar-refractivity contribution in [3.63, 3.8) is 0 Å². The monoisotopic (exact) mass is 292 g/mol. The van der Waals surface area contributed by atoms with Gasteiger partial charge in [-0.25, -0.2) is 4.68 Å². The molecule has 102 valence electrons. The number of halogens is 3. The largest absolute Gasteiger partial charge is 0.534 e. The first-order valence-electron chi connectivity index (χ1n) is 4.90. The summed E-state index contributed by atoms with van der Waals surface area (Å²) in [7, 11) is -5.64. The van der Waals surface area contributed by atoms with Gasteiger partial charge in [0.25, 0.3) is 0 Å². The first-order chi connectivity index (χ1) is 8.79. The van der Waals surface area contributed by atoms with Crippen molar-refractivity contribution in [3.05, 3.63) is 42.7 Å². The van der Waals surface area contributed by atoms with Gasteiger partial charge in [-0.15, -0.1) is 0 Å². The van der Waals surface area contributed by atoms with E-state index in [-0.39, 0.29) is 0 Å². The SMILES string of the molecule is O=S(=O)(Oc1ccc(-n2cccn2)cc1)C(F)(F)F. The zero-order valence-corrected chi connectivity index (χ0v) is 10.0. The number of alkyl halides is 3. The summed E-state index contributed by atoms with van der Waals surface area (Å²) in [6.45, 7) is 0.